The van der Waals surface area contributed by atoms with Crippen molar-refractivity contribution in [2.24, 2.45) is 63.5 Å². The van der Waals surface area contributed by atoms with Crippen molar-refractivity contribution in [1.82, 2.24) is 5.32 Å². The molecule has 53 heavy (non-hydrogen) atoms. The lowest BCUT2D eigenvalue weighted by Crippen LogP contribution is -2.63. The van der Waals surface area contributed by atoms with Gasteiger partial charge in [-0.1, -0.05) is 91.9 Å². The Kier molecular flexibility index (Phi) is 21.0. The Balaban J connectivity index is 1.33. The van der Waals surface area contributed by atoms with E-state index in [1.54, 1.807) is 0 Å². The Morgan fingerprint density at radius 1 is 0.642 bits per heavy atom. The van der Waals surface area contributed by atoms with Gasteiger partial charge in [0.05, 0.1) is 18.3 Å². The molecule has 0 radical (unpaired) electrons. The predicted octanol–water partition coefficient (Wildman–Crippen LogP) is 9.38. The Hall–Kier alpha value is -0.280. The van der Waals surface area contributed by atoms with Crippen LogP contribution in [0.1, 0.15) is 175 Å². The summed E-state index contributed by atoms with van der Waals surface area (Å²) in [4.78, 5) is 0. The molecule has 4 aliphatic rings. The molecule has 0 heterocycles. The van der Waals surface area contributed by atoms with E-state index in [1.807, 2.05) is 0 Å². The molecular formula is C46H90N4O3. The molecule has 7 heteroatoms. The fourth-order valence-corrected chi connectivity index (χ4v) is 12.4. The van der Waals surface area contributed by atoms with Gasteiger partial charge in [0.2, 0.25) is 0 Å². The van der Waals surface area contributed by atoms with Gasteiger partial charge < -0.3 is 36.7 Å². The van der Waals surface area contributed by atoms with E-state index < -0.39 is 0 Å². The summed E-state index contributed by atoms with van der Waals surface area (Å²) < 4.78 is 20.4. The third kappa shape index (κ3) is 12.6. The van der Waals surface area contributed by atoms with E-state index in [4.69, 9.17) is 31.4 Å². The van der Waals surface area contributed by atoms with Crippen molar-refractivity contribution < 1.29 is 14.2 Å². The fraction of sp³-hybridized carbons (Fsp3) is 1.00. The first kappa shape index (κ1) is 45.4. The minimum atomic E-state index is 0.180. The third-order valence-electron chi connectivity index (χ3n) is 15.5. The third-order valence-corrected chi connectivity index (χ3v) is 15.5. The van der Waals surface area contributed by atoms with Crippen molar-refractivity contribution in [3.8, 4) is 0 Å². The molecule has 0 saturated heterocycles. The van der Waals surface area contributed by atoms with Gasteiger partial charge in [0.1, 0.15) is 0 Å². The minimum absolute atomic E-state index is 0.180. The molecule has 0 aromatic rings. The molecule has 0 aromatic heterocycles. The van der Waals surface area contributed by atoms with Crippen LogP contribution in [0.5, 0.6) is 0 Å². The highest BCUT2D eigenvalue weighted by Gasteiger charge is 2.66. The summed E-state index contributed by atoms with van der Waals surface area (Å²) in [6.07, 6.45) is 30.5. The molecule has 0 bridgehead atoms. The molecule has 0 spiro atoms. The molecule has 4 saturated carbocycles. The zero-order chi connectivity index (χ0) is 37.9. The summed E-state index contributed by atoms with van der Waals surface area (Å²) >= 11 is 0. The smallest absolute Gasteiger partial charge is 0.0637 e. The SMILES string of the molecule is CCCCCCCCCCCCCNCCC[C@@H](C)[C@H]1CC[C@H]2C3C(OCCCN)CC4C[C@H](OCCCN)CC[C@]4(C)[C@H]3C[C@H](OCCCN)[C@]12C. The standard InChI is InChI=1S/C46H90N4O3/c1-5-6-7-8-9-10-11-12-13-14-15-28-50-29-16-20-36(2)39-21-22-40-44-41(35-43(46(39,40)4)53-32-19-27-49)45(3)24-23-38(51-30-17-25-47)33-37(45)34-42(44)52-31-18-26-48/h36-44,50H,5-35,47-49H2,1-4H3/t36-,37?,38-,39-,40+,41+,42?,43+,44?,45+,46-/m1/s1. The van der Waals surface area contributed by atoms with E-state index >= 15 is 0 Å². The van der Waals surface area contributed by atoms with Crippen molar-refractivity contribution in [1.29, 1.82) is 0 Å². The number of unbranched alkanes of at least 4 members (excludes halogenated alkanes) is 10. The Morgan fingerprint density at radius 2 is 1.25 bits per heavy atom. The van der Waals surface area contributed by atoms with Gasteiger partial charge in [-0.2, -0.15) is 0 Å². The second kappa shape index (κ2) is 24.5. The molecule has 3 unspecified atom stereocenters. The van der Waals surface area contributed by atoms with Crippen molar-refractivity contribution in [2.45, 2.75) is 194 Å². The van der Waals surface area contributed by atoms with Crippen molar-refractivity contribution in [2.75, 3.05) is 52.5 Å². The van der Waals surface area contributed by atoms with Crippen LogP contribution in [0, 0.1) is 46.3 Å². The lowest BCUT2D eigenvalue weighted by molar-refractivity contribution is -0.227. The maximum atomic E-state index is 7.06. The zero-order valence-electron chi connectivity index (χ0n) is 35.6. The molecule has 4 aliphatic carbocycles. The quantitative estimate of drug-likeness (QED) is 0.0564. The summed E-state index contributed by atoms with van der Waals surface area (Å²) in [6, 6.07) is 0. The van der Waals surface area contributed by atoms with E-state index in [2.05, 4.69) is 33.0 Å². The highest BCUT2D eigenvalue weighted by atomic mass is 16.5. The van der Waals surface area contributed by atoms with Crippen molar-refractivity contribution in [3.05, 3.63) is 0 Å². The molecule has 7 nitrogen and oxygen atoms in total. The maximum Gasteiger partial charge on any atom is 0.0637 e. The number of nitrogens with two attached hydrogens (primary N) is 3. The number of ether oxygens (including phenoxy) is 3. The van der Waals surface area contributed by atoms with Gasteiger partial charge in [-0.15, -0.1) is 0 Å². The highest BCUT2D eigenvalue weighted by Crippen LogP contribution is 2.69. The van der Waals surface area contributed by atoms with Crippen LogP contribution >= 0.6 is 0 Å². The highest BCUT2D eigenvalue weighted by molar-refractivity contribution is 5.15. The molecule has 4 fully saturated rings. The van der Waals surface area contributed by atoms with Crippen molar-refractivity contribution >= 4 is 0 Å². The molecule has 4 rings (SSSR count). The van der Waals surface area contributed by atoms with Gasteiger partial charge >= 0.3 is 0 Å². The van der Waals surface area contributed by atoms with Crippen LogP contribution in [0.3, 0.4) is 0 Å². The maximum absolute atomic E-state index is 7.06. The lowest BCUT2D eigenvalue weighted by Gasteiger charge is -2.65. The van der Waals surface area contributed by atoms with Gasteiger partial charge in [0.15, 0.2) is 0 Å². The van der Waals surface area contributed by atoms with E-state index in [0.29, 0.717) is 78.9 Å². The Labute approximate surface area is 328 Å². The Bertz CT molecular complexity index is 956. The first-order chi connectivity index (χ1) is 25.8. The average molecular weight is 747 g/mol. The first-order valence-corrected chi connectivity index (χ1v) is 23.5. The summed E-state index contributed by atoms with van der Waals surface area (Å²) in [5, 5.41) is 3.81. The largest absolute Gasteiger partial charge is 0.378 e. The van der Waals surface area contributed by atoms with Gasteiger partial charge in [-0.25, -0.2) is 0 Å². The normalized spacial score (nSPS) is 34.5. The number of hydrogen-bond donors (Lipinski definition) is 4. The molecule has 7 N–H and O–H groups in total. The molecule has 11 atom stereocenters. The number of fused-ring (bicyclic) bond motifs is 5. The summed E-state index contributed by atoms with van der Waals surface area (Å²) in [7, 11) is 0. The number of hydrogen-bond acceptors (Lipinski definition) is 7. The van der Waals surface area contributed by atoms with Crippen LogP contribution in [-0.2, 0) is 14.2 Å². The number of rotatable bonds is 29. The average Bonchev–Trinajstić information content (AvgIpc) is 3.52. The fourth-order valence-electron chi connectivity index (χ4n) is 12.4. The monoisotopic (exact) mass is 747 g/mol. The molecule has 0 aliphatic heterocycles. The van der Waals surface area contributed by atoms with Gasteiger partial charge in [0, 0.05) is 25.2 Å². The van der Waals surface area contributed by atoms with E-state index in [1.165, 1.54) is 129 Å². The Morgan fingerprint density at radius 3 is 1.91 bits per heavy atom. The van der Waals surface area contributed by atoms with Gasteiger partial charge in [0.25, 0.3) is 0 Å². The first-order valence-electron chi connectivity index (χ1n) is 23.5. The molecule has 312 valence electrons. The van der Waals surface area contributed by atoms with Crippen molar-refractivity contribution in [3.63, 3.8) is 0 Å². The van der Waals surface area contributed by atoms with Crippen LogP contribution in [0.25, 0.3) is 0 Å². The molecule has 0 amide bonds. The van der Waals surface area contributed by atoms with Crippen LogP contribution in [0.4, 0.5) is 0 Å². The predicted molar refractivity (Wildman–Crippen MR) is 224 cm³/mol. The number of nitrogens with one attached hydrogen (secondary N) is 1. The second-order valence-electron chi connectivity index (χ2n) is 18.9. The topological polar surface area (TPSA) is 118 Å². The van der Waals surface area contributed by atoms with E-state index in [0.717, 1.165) is 52.0 Å². The molecular weight excluding hydrogens is 657 g/mol. The van der Waals surface area contributed by atoms with Crippen LogP contribution in [0.15, 0.2) is 0 Å². The minimum Gasteiger partial charge on any atom is -0.378 e. The lowest BCUT2D eigenvalue weighted by atomic mass is 9.43. The van der Waals surface area contributed by atoms with E-state index in [9.17, 15) is 0 Å². The van der Waals surface area contributed by atoms with Crippen LogP contribution in [0.2, 0.25) is 0 Å². The second-order valence-corrected chi connectivity index (χ2v) is 18.9. The van der Waals surface area contributed by atoms with Gasteiger partial charge in [-0.3, -0.25) is 0 Å². The van der Waals surface area contributed by atoms with E-state index in [-0.39, 0.29) is 5.41 Å². The summed E-state index contributed by atoms with van der Waals surface area (Å²) in [5.41, 5.74) is 18.3. The van der Waals surface area contributed by atoms with Crippen LogP contribution in [-0.4, -0.2) is 70.9 Å². The van der Waals surface area contributed by atoms with Crippen LogP contribution < -0.4 is 22.5 Å². The summed E-state index contributed by atoms with van der Waals surface area (Å²) in [5.74, 6) is 3.91. The zero-order valence-corrected chi connectivity index (χ0v) is 35.6. The van der Waals surface area contributed by atoms with Gasteiger partial charge in [-0.05, 0) is 157 Å². The molecule has 0 aromatic carbocycles. The summed E-state index contributed by atoms with van der Waals surface area (Å²) in [6.45, 7) is 17.0.